The first-order chi connectivity index (χ1) is 8.99. The van der Waals surface area contributed by atoms with E-state index in [2.05, 4.69) is 9.97 Å². The molecule has 7 nitrogen and oxygen atoms in total. The second-order valence-corrected chi connectivity index (χ2v) is 4.07. The monoisotopic (exact) mass is 260 g/mol. The normalized spacial score (nSPS) is 10.2. The summed E-state index contributed by atoms with van der Waals surface area (Å²) in [6.45, 7) is 0. The molecule has 1 N–H and O–H groups in total. The lowest BCUT2D eigenvalue weighted by atomic mass is 10.3. The number of carboxylic acids is 1. The van der Waals surface area contributed by atoms with Crippen LogP contribution in [0.3, 0.4) is 0 Å². The van der Waals surface area contributed by atoms with Gasteiger partial charge in [-0.15, -0.1) is 0 Å². The average molecular weight is 260 g/mol. The van der Waals surface area contributed by atoms with Crippen LogP contribution >= 0.6 is 0 Å². The first-order valence-corrected chi connectivity index (χ1v) is 5.44. The van der Waals surface area contributed by atoms with Crippen molar-refractivity contribution in [1.29, 1.82) is 0 Å². The molecular formula is C12H12N4O3. The van der Waals surface area contributed by atoms with Crippen LogP contribution in [0.15, 0.2) is 30.9 Å². The fraction of sp³-hybridized carbons (Fsp3) is 0.167. The number of amides is 1. The van der Waals surface area contributed by atoms with E-state index < -0.39 is 5.97 Å². The first kappa shape index (κ1) is 12.7. The highest BCUT2D eigenvalue weighted by atomic mass is 16.4. The SMILES string of the molecule is CN(C)C(=O)c1cc(-n2cnc(C(=O)O)c2)ccn1. The van der Waals surface area contributed by atoms with Crippen LogP contribution < -0.4 is 0 Å². The summed E-state index contributed by atoms with van der Waals surface area (Å²) >= 11 is 0. The van der Waals surface area contributed by atoms with Gasteiger partial charge in [0.1, 0.15) is 12.0 Å². The molecule has 2 rings (SSSR count). The lowest BCUT2D eigenvalue weighted by Gasteiger charge is -2.10. The average Bonchev–Trinajstić information content (AvgIpc) is 2.87. The summed E-state index contributed by atoms with van der Waals surface area (Å²) in [6.07, 6.45) is 4.25. The molecule has 0 atom stereocenters. The Labute approximate surface area is 109 Å². The summed E-state index contributed by atoms with van der Waals surface area (Å²) in [5.41, 5.74) is 0.852. The van der Waals surface area contributed by atoms with E-state index in [9.17, 15) is 9.59 Å². The van der Waals surface area contributed by atoms with Gasteiger partial charge in [-0.05, 0) is 12.1 Å². The minimum Gasteiger partial charge on any atom is -0.476 e. The van der Waals surface area contributed by atoms with Crippen LogP contribution in [0, 0.1) is 0 Å². The zero-order valence-corrected chi connectivity index (χ0v) is 10.4. The molecule has 0 fully saturated rings. The van der Waals surface area contributed by atoms with E-state index in [-0.39, 0.29) is 17.3 Å². The molecule has 0 bridgehead atoms. The van der Waals surface area contributed by atoms with E-state index in [1.165, 1.54) is 28.2 Å². The smallest absolute Gasteiger partial charge is 0.356 e. The second-order valence-electron chi connectivity index (χ2n) is 4.07. The number of carbonyl (C=O) groups is 2. The summed E-state index contributed by atoms with van der Waals surface area (Å²) in [7, 11) is 3.27. The molecule has 0 aliphatic heterocycles. The Kier molecular flexibility index (Phi) is 3.28. The molecule has 0 aromatic carbocycles. The third-order valence-electron chi connectivity index (χ3n) is 2.47. The van der Waals surface area contributed by atoms with Gasteiger partial charge in [0, 0.05) is 26.5 Å². The Bertz CT molecular complexity index is 633. The number of nitrogens with zero attached hydrogens (tertiary/aromatic N) is 4. The highest BCUT2D eigenvalue weighted by molar-refractivity contribution is 5.92. The standard InChI is InChI=1S/C12H12N4O3/c1-15(2)11(17)9-5-8(3-4-13-9)16-6-10(12(18)19)14-7-16/h3-7H,1-2H3,(H,18,19). The molecule has 0 radical (unpaired) electrons. The molecule has 0 unspecified atom stereocenters. The van der Waals surface area contributed by atoms with Crippen molar-refractivity contribution in [2.75, 3.05) is 14.1 Å². The third kappa shape index (κ3) is 2.59. The van der Waals surface area contributed by atoms with E-state index in [1.54, 1.807) is 26.2 Å². The van der Waals surface area contributed by atoms with Crippen LogP contribution in [0.1, 0.15) is 21.0 Å². The summed E-state index contributed by atoms with van der Waals surface area (Å²) in [5, 5.41) is 8.81. The Morgan fingerprint density at radius 2 is 2.00 bits per heavy atom. The van der Waals surface area contributed by atoms with Gasteiger partial charge in [-0.2, -0.15) is 0 Å². The zero-order chi connectivity index (χ0) is 14.0. The van der Waals surface area contributed by atoms with Gasteiger partial charge >= 0.3 is 5.97 Å². The minimum atomic E-state index is -1.10. The lowest BCUT2D eigenvalue weighted by Crippen LogP contribution is -2.22. The number of pyridine rings is 1. The predicted molar refractivity (Wildman–Crippen MR) is 66.3 cm³/mol. The van der Waals surface area contributed by atoms with Crippen molar-refractivity contribution in [2.24, 2.45) is 0 Å². The van der Waals surface area contributed by atoms with Crippen LogP contribution in [0.5, 0.6) is 0 Å². The maximum Gasteiger partial charge on any atom is 0.356 e. The van der Waals surface area contributed by atoms with E-state index in [4.69, 9.17) is 5.11 Å². The maximum atomic E-state index is 11.8. The van der Waals surface area contributed by atoms with Crippen molar-refractivity contribution < 1.29 is 14.7 Å². The molecule has 7 heteroatoms. The van der Waals surface area contributed by atoms with E-state index in [0.29, 0.717) is 5.69 Å². The summed E-state index contributed by atoms with van der Waals surface area (Å²) in [4.78, 5) is 31.7. The summed E-state index contributed by atoms with van der Waals surface area (Å²) in [6, 6.07) is 3.25. The van der Waals surface area contributed by atoms with E-state index in [0.717, 1.165) is 0 Å². The topological polar surface area (TPSA) is 88.3 Å². The number of rotatable bonds is 3. The molecular weight excluding hydrogens is 248 g/mol. The molecule has 19 heavy (non-hydrogen) atoms. The molecule has 0 saturated heterocycles. The van der Waals surface area contributed by atoms with Crippen molar-refractivity contribution in [1.82, 2.24) is 19.4 Å². The molecule has 2 heterocycles. The lowest BCUT2D eigenvalue weighted by molar-refractivity contribution is 0.0690. The van der Waals surface area contributed by atoms with Gasteiger partial charge < -0.3 is 14.6 Å². The van der Waals surface area contributed by atoms with Crippen molar-refractivity contribution >= 4 is 11.9 Å². The van der Waals surface area contributed by atoms with Crippen molar-refractivity contribution in [3.05, 3.63) is 42.2 Å². The van der Waals surface area contributed by atoms with Crippen molar-refractivity contribution in [3.8, 4) is 5.69 Å². The predicted octanol–water partition coefficient (Wildman–Crippen LogP) is 0.667. The molecule has 0 saturated carbocycles. The highest BCUT2D eigenvalue weighted by Gasteiger charge is 2.12. The Balaban J connectivity index is 2.37. The number of carbonyl (C=O) groups excluding carboxylic acids is 1. The number of hydrogen-bond donors (Lipinski definition) is 1. The van der Waals surface area contributed by atoms with Crippen molar-refractivity contribution in [3.63, 3.8) is 0 Å². The number of hydrogen-bond acceptors (Lipinski definition) is 4. The van der Waals surface area contributed by atoms with Gasteiger partial charge in [0.25, 0.3) is 5.91 Å². The summed E-state index contributed by atoms with van der Waals surface area (Å²) < 4.78 is 1.53. The Morgan fingerprint density at radius 1 is 1.26 bits per heavy atom. The molecule has 0 spiro atoms. The van der Waals surface area contributed by atoms with Gasteiger partial charge in [0.05, 0.1) is 5.69 Å². The molecule has 98 valence electrons. The highest BCUT2D eigenvalue weighted by Crippen LogP contribution is 2.10. The van der Waals surface area contributed by atoms with Gasteiger partial charge in [-0.1, -0.05) is 0 Å². The fourth-order valence-corrected chi connectivity index (χ4v) is 1.50. The van der Waals surface area contributed by atoms with Crippen LogP contribution in [0.4, 0.5) is 0 Å². The number of aromatic carboxylic acids is 1. The van der Waals surface area contributed by atoms with Crippen LogP contribution in [0.2, 0.25) is 0 Å². The number of aromatic nitrogens is 3. The molecule has 2 aromatic heterocycles. The van der Waals surface area contributed by atoms with Crippen LogP contribution in [0.25, 0.3) is 5.69 Å². The van der Waals surface area contributed by atoms with Crippen LogP contribution in [-0.2, 0) is 0 Å². The zero-order valence-electron chi connectivity index (χ0n) is 10.4. The largest absolute Gasteiger partial charge is 0.476 e. The Morgan fingerprint density at radius 3 is 2.58 bits per heavy atom. The summed E-state index contributed by atoms with van der Waals surface area (Å²) in [5.74, 6) is -1.32. The molecule has 0 aliphatic carbocycles. The van der Waals surface area contributed by atoms with Crippen LogP contribution in [-0.4, -0.2) is 50.5 Å². The van der Waals surface area contributed by atoms with Crippen molar-refractivity contribution in [2.45, 2.75) is 0 Å². The number of carboxylic acid groups (broad SMARTS) is 1. The van der Waals surface area contributed by atoms with E-state index >= 15 is 0 Å². The second kappa shape index (κ2) is 4.89. The quantitative estimate of drug-likeness (QED) is 0.876. The maximum absolute atomic E-state index is 11.8. The third-order valence-corrected chi connectivity index (χ3v) is 2.47. The number of imidazole rings is 1. The molecule has 0 aliphatic rings. The van der Waals surface area contributed by atoms with Gasteiger partial charge in [-0.25, -0.2) is 9.78 Å². The molecule has 2 aromatic rings. The minimum absolute atomic E-state index is 0.0581. The van der Waals surface area contributed by atoms with E-state index in [1.807, 2.05) is 0 Å². The first-order valence-electron chi connectivity index (χ1n) is 5.44. The van der Waals surface area contributed by atoms with Gasteiger partial charge in [0.15, 0.2) is 5.69 Å². The molecule has 1 amide bonds. The van der Waals surface area contributed by atoms with Gasteiger partial charge in [0.2, 0.25) is 0 Å². The van der Waals surface area contributed by atoms with Gasteiger partial charge in [-0.3, -0.25) is 9.78 Å². The Hall–Kier alpha value is -2.70. The fourth-order valence-electron chi connectivity index (χ4n) is 1.50.